The predicted molar refractivity (Wildman–Crippen MR) is 119 cm³/mol. The number of nitrogens with two attached hydrogens (primary N) is 1. The third-order valence-corrected chi connectivity index (χ3v) is 5.39. The smallest absolute Gasteiger partial charge is 0.143 e. The molecule has 0 aliphatic carbocycles. The normalized spacial score (nSPS) is 10.2. The van der Waals surface area contributed by atoms with Gasteiger partial charge in [0.25, 0.3) is 0 Å². The minimum atomic E-state index is 0.0370. The van der Waals surface area contributed by atoms with Gasteiger partial charge in [0.15, 0.2) is 0 Å². The van der Waals surface area contributed by atoms with Crippen molar-refractivity contribution in [3.63, 3.8) is 0 Å². The highest BCUT2D eigenvalue weighted by molar-refractivity contribution is 7.98. The SMILES string of the molecule is COCCOc1ccc(-c2c(C#N)c(N)nc(SCc3cncc(OC)c3)c2C#N)nc1. The molecule has 0 aliphatic heterocycles. The van der Waals surface area contributed by atoms with E-state index in [1.54, 1.807) is 38.7 Å². The van der Waals surface area contributed by atoms with E-state index in [1.165, 1.54) is 18.0 Å². The first-order valence-corrected chi connectivity index (χ1v) is 10.4. The standard InChI is InChI=1S/C22H20N6O3S/c1-29-5-6-31-15-3-4-19(27-12-15)20-17(8-23)21(25)28-22(18(20)9-24)32-13-14-7-16(30-2)11-26-10-14/h3-4,7,10-12H,5-6,13H2,1-2H3,(H2,25,28). The summed E-state index contributed by atoms with van der Waals surface area (Å²) in [6.45, 7) is 0.829. The number of hydrogen-bond acceptors (Lipinski definition) is 10. The summed E-state index contributed by atoms with van der Waals surface area (Å²) < 4.78 is 15.7. The van der Waals surface area contributed by atoms with Crippen LogP contribution in [-0.2, 0) is 10.5 Å². The predicted octanol–water partition coefficient (Wildman–Crippen LogP) is 3.19. The van der Waals surface area contributed by atoms with Crippen LogP contribution in [-0.4, -0.2) is 42.4 Å². The second-order valence-electron chi connectivity index (χ2n) is 6.39. The van der Waals surface area contributed by atoms with Crippen molar-refractivity contribution in [2.75, 3.05) is 33.2 Å². The van der Waals surface area contributed by atoms with E-state index in [0.717, 1.165) is 5.56 Å². The Morgan fingerprint density at radius 3 is 2.50 bits per heavy atom. The molecule has 0 radical (unpaired) electrons. The maximum atomic E-state index is 9.90. The summed E-state index contributed by atoms with van der Waals surface area (Å²) in [6, 6.07) is 9.45. The average molecular weight is 449 g/mol. The van der Waals surface area contributed by atoms with Gasteiger partial charge in [0.05, 0.1) is 37.4 Å². The molecule has 0 unspecified atom stereocenters. The summed E-state index contributed by atoms with van der Waals surface area (Å²) in [5.41, 5.74) is 8.06. The van der Waals surface area contributed by atoms with Gasteiger partial charge in [-0.05, 0) is 23.8 Å². The number of ether oxygens (including phenoxy) is 3. The van der Waals surface area contributed by atoms with Gasteiger partial charge in [-0.3, -0.25) is 9.97 Å². The highest BCUT2D eigenvalue weighted by atomic mass is 32.2. The number of nitrogen functional groups attached to an aromatic ring is 1. The summed E-state index contributed by atoms with van der Waals surface area (Å²) >= 11 is 1.32. The van der Waals surface area contributed by atoms with E-state index in [2.05, 4.69) is 21.0 Å². The summed E-state index contributed by atoms with van der Waals surface area (Å²) in [5, 5.41) is 20.0. The molecule has 2 N–H and O–H groups in total. The molecule has 32 heavy (non-hydrogen) atoms. The van der Waals surface area contributed by atoms with Crippen LogP contribution in [0.3, 0.4) is 0 Å². The Kier molecular flexibility index (Phi) is 7.81. The highest BCUT2D eigenvalue weighted by Gasteiger charge is 2.21. The van der Waals surface area contributed by atoms with Crippen LogP contribution in [0.4, 0.5) is 5.82 Å². The second kappa shape index (κ2) is 11.0. The molecule has 3 aromatic rings. The summed E-state index contributed by atoms with van der Waals surface area (Å²) in [6.07, 6.45) is 4.84. The molecule has 0 atom stereocenters. The molecule has 0 aliphatic rings. The first-order chi connectivity index (χ1) is 15.6. The van der Waals surface area contributed by atoms with E-state index in [1.807, 2.05) is 12.1 Å². The van der Waals surface area contributed by atoms with Crippen molar-refractivity contribution in [1.29, 1.82) is 10.5 Å². The molecule has 0 aromatic carbocycles. The molecule has 0 bridgehead atoms. The van der Waals surface area contributed by atoms with E-state index >= 15 is 0 Å². The van der Waals surface area contributed by atoms with Crippen LogP contribution in [0.2, 0.25) is 0 Å². The zero-order valence-electron chi connectivity index (χ0n) is 17.5. The number of aromatic nitrogens is 3. The maximum Gasteiger partial charge on any atom is 0.143 e. The lowest BCUT2D eigenvalue weighted by Gasteiger charge is -2.13. The highest BCUT2D eigenvalue weighted by Crippen LogP contribution is 2.36. The Hall–Kier alpha value is -3.86. The summed E-state index contributed by atoms with van der Waals surface area (Å²) in [7, 11) is 3.16. The van der Waals surface area contributed by atoms with Gasteiger partial charge in [0.1, 0.15) is 46.7 Å². The summed E-state index contributed by atoms with van der Waals surface area (Å²) in [5.74, 6) is 1.70. The van der Waals surface area contributed by atoms with Crippen LogP contribution in [0.25, 0.3) is 11.3 Å². The zero-order valence-corrected chi connectivity index (χ0v) is 18.3. The van der Waals surface area contributed by atoms with Gasteiger partial charge in [-0.25, -0.2) is 4.98 Å². The van der Waals surface area contributed by atoms with Crippen LogP contribution < -0.4 is 15.2 Å². The molecule has 3 rings (SSSR count). The second-order valence-corrected chi connectivity index (χ2v) is 7.36. The van der Waals surface area contributed by atoms with Crippen molar-refractivity contribution in [2.24, 2.45) is 0 Å². The van der Waals surface area contributed by atoms with Crippen LogP contribution in [0.5, 0.6) is 11.5 Å². The van der Waals surface area contributed by atoms with Gasteiger partial charge < -0.3 is 19.9 Å². The Morgan fingerprint density at radius 1 is 1.03 bits per heavy atom. The Balaban J connectivity index is 1.96. The fourth-order valence-corrected chi connectivity index (χ4v) is 3.74. The lowest BCUT2D eigenvalue weighted by atomic mass is 10.0. The van der Waals surface area contributed by atoms with E-state index in [4.69, 9.17) is 19.9 Å². The molecule has 0 fully saturated rings. The number of nitriles is 2. The Labute approximate surface area is 189 Å². The molecule has 0 saturated heterocycles. The maximum absolute atomic E-state index is 9.90. The van der Waals surface area contributed by atoms with Crippen molar-refractivity contribution in [1.82, 2.24) is 15.0 Å². The first-order valence-electron chi connectivity index (χ1n) is 9.43. The molecule has 10 heteroatoms. The van der Waals surface area contributed by atoms with Crippen molar-refractivity contribution in [2.45, 2.75) is 10.8 Å². The lowest BCUT2D eigenvalue weighted by Crippen LogP contribution is -2.05. The van der Waals surface area contributed by atoms with Crippen molar-refractivity contribution in [3.05, 3.63) is 53.5 Å². The third kappa shape index (κ3) is 5.24. The molecule has 3 heterocycles. The van der Waals surface area contributed by atoms with Gasteiger partial charge in [0, 0.05) is 24.6 Å². The number of thioether (sulfide) groups is 1. The largest absolute Gasteiger partial charge is 0.495 e. The molecule has 0 amide bonds. The molecule has 0 spiro atoms. The molecule has 162 valence electrons. The topological polar surface area (TPSA) is 140 Å². The van der Waals surface area contributed by atoms with Gasteiger partial charge >= 0.3 is 0 Å². The molecule has 9 nitrogen and oxygen atoms in total. The molecular weight excluding hydrogens is 428 g/mol. The monoisotopic (exact) mass is 448 g/mol. The minimum Gasteiger partial charge on any atom is -0.495 e. The Morgan fingerprint density at radius 2 is 1.84 bits per heavy atom. The first kappa shape index (κ1) is 22.8. The van der Waals surface area contributed by atoms with Crippen LogP contribution in [0.15, 0.2) is 41.8 Å². The number of pyridine rings is 3. The molecular formula is C22H20N6O3S. The number of anilines is 1. The van der Waals surface area contributed by atoms with Crippen LogP contribution in [0, 0.1) is 22.7 Å². The molecule has 0 saturated carbocycles. The van der Waals surface area contributed by atoms with Crippen LogP contribution >= 0.6 is 11.8 Å². The van der Waals surface area contributed by atoms with Gasteiger partial charge in [-0.2, -0.15) is 10.5 Å². The van der Waals surface area contributed by atoms with Crippen molar-refractivity contribution < 1.29 is 14.2 Å². The number of rotatable bonds is 9. The quantitative estimate of drug-likeness (QED) is 0.383. The zero-order chi connectivity index (χ0) is 22.9. The Bertz CT molecular complexity index is 1170. The van der Waals surface area contributed by atoms with Crippen LogP contribution in [0.1, 0.15) is 16.7 Å². The van der Waals surface area contributed by atoms with E-state index < -0.39 is 0 Å². The van der Waals surface area contributed by atoms with Gasteiger partial charge in [-0.15, -0.1) is 11.8 Å². The van der Waals surface area contributed by atoms with Crippen molar-refractivity contribution >= 4 is 17.6 Å². The minimum absolute atomic E-state index is 0.0370. The number of nitrogens with zero attached hydrogens (tertiary/aromatic N) is 5. The van der Waals surface area contributed by atoms with Crippen molar-refractivity contribution in [3.8, 4) is 34.9 Å². The summed E-state index contributed by atoms with van der Waals surface area (Å²) in [4.78, 5) is 12.8. The van der Waals surface area contributed by atoms with E-state index in [9.17, 15) is 10.5 Å². The number of hydrogen-bond donors (Lipinski definition) is 1. The fraction of sp³-hybridized carbons (Fsp3) is 0.227. The number of methoxy groups -OCH3 is 2. The van der Waals surface area contributed by atoms with Gasteiger partial charge in [-0.1, -0.05) is 0 Å². The fourth-order valence-electron chi connectivity index (χ4n) is 2.82. The van der Waals surface area contributed by atoms with E-state index in [-0.39, 0.29) is 16.9 Å². The van der Waals surface area contributed by atoms with E-state index in [0.29, 0.717) is 46.7 Å². The average Bonchev–Trinajstić information content (AvgIpc) is 2.83. The van der Waals surface area contributed by atoms with Gasteiger partial charge in [0.2, 0.25) is 0 Å². The lowest BCUT2D eigenvalue weighted by molar-refractivity contribution is 0.146. The molecule has 3 aromatic heterocycles. The third-order valence-electron chi connectivity index (χ3n) is 4.35.